The maximum atomic E-state index is 12.8. The lowest BCUT2D eigenvalue weighted by Crippen LogP contribution is -2.54. The summed E-state index contributed by atoms with van der Waals surface area (Å²) in [5, 5.41) is 0. The Labute approximate surface area is 326 Å². The molecular formula is C48H82N2O3. The molecule has 0 amide bonds. The number of unbranched alkanes of at least 4 members (excludes halogenated alkanes) is 15. The lowest BCUT2D eigenvalue weighted by atomic mass is 9.44. The largest absolute Gasteiger partial charge is 0.488 e. The van der Waals surface area contributed by atoms with Crippen LogP contribution in [0.1, 0.15) is 201 Å². The first kappa shape index (κ1) is 42.2. The van der Waals surface area contributed by atoms with Crippen molar-refractivity contribution >= 4 is 17.3 Å². The highest BCUT2D eigenvalue weighted by molar-refractivity contribution is 5.69. The van der Waals surface area contributed by atoms with E-state index in [0.717, 1.165) is 61.0 Å². The van der Waals surface area contributed by atoms with Crippen LogP contribution in [0.15, 0.2) is 18.2 Å². The van der Waals surface area contributed by atoms with Gasteiger partial charge >= 0.3 is 5.97 Å². The molecule has 5 heteroatoms. The molecule has 0 heterocycles. The Bertz CT molecular complexity index is 1240. The minimum Gasteiger partial charge on any atom is -0.488 e. The van der Waals surface area contributed by atoms with Crippen molar-refractivity contribution in [2.45, 2.75) is 207 Å². The van der Waals surface area contributed by atoms with Crippen molar-refractivity contribution in [1.29, 1.82) is 0 Å². The number of nitrogens with two attached hydrogens (primary N) is 2. The quantitative estimate of drug-likeness (QED) is 0.0664. The zero-order valence-electron chi connectivity index (χ0n) is 35.0. The molecule has 0 aliphatic heterocycles. The first-order valence-electron chi connectivity index (χ1n) is 23.1. The van der Waals surface area contributed by atoms with Crippen LogP contribution in [0.4, 0.5) is 11.4 Å². The average Bonchev–Trinajstić information content (AvgIpc) is 3.50. The number of benzene rings is 1. The lowest BCUT2D eigenvalue weighted by molar-refractivity contribution is -0.144. The van der Waals surface area contributed by atoms with E-state index in [9.17, 15) is 4.79 Å². The molecule has 1 aromatic carbocycles. The van der Waals surface area contributed by atoms with Gasteiger partial charge in [-0.25, -0.2) is 0 Å². The molecule has 9 atom stereocenters. The van der Waals surface area contributed by atoms with Crippen LogP contribution < -0.4 is 16.2 Å². The molecule has 4 N–H and O–H groups in total. The van der Waals surface area contributed by atoms with Crippen molar-refractivity contribution < 1.29 is 14.3 Å². The van der Waals surface area contributed by atoms with Gasteiger partial charge in [-0.15, -0.1) is 0 Å². The number of carbonyl (C=O) groups excluding carboxylic acids is 1. The predicted molar refractivity (Wildman–Crippen MR) is 224 cm³/mol. The highest BCUT2D eigenvalue weighted by atomic mass is 16.5. The van der Waals surface area contributed by atoms with Gasteiger partial charge in [0.1, 0.15) is 5.75 Å². The molecule has 4 aliphatic rings. The molecule has 4 aliphatic carbocycles. The molecule has 5 nitrogen and oxygen atoms in total. The van der Waals surface area contributed by atoms with Gasteiger partial charge in [0.05, 0.1) is 18.4 Å². The van der Waals surface area contributed by atoms with E-state index in [1.54, 1.807) is 0 Å². The molecule has 4 fully saturated rings. The maximum absolute atomic E-state index is 12.8. The minimum absolute atomic E-state index is 0.0335. The second-order valence-corrected chi connectivity index (χ2v) is 19.2. The van der Waals surface area contributed by atoms with Gasteiger partial charge in [-0.2, -0.15) is 0 Å². The van der Waals surface area contributed by atoms with E-state index < -0.39 is 0 Å². The van der Waals surface area contributed by atoms with E-state index in [-0.39, 0.29) is 12.1 Å². The molecule has 4 saturated carbocycles. The third kappa shape index (κ3) is 11.3. The molecule has 0 radical (unpaired) electrons. The predicted octanol–water partition coefficient (Wildman–Crippen LogP) is 13.5. The molecule has 302 valence electrons. The fourth-order valence-corrected chi connectivity index (χ4v) is 12.6. The summed E-state index contributed by atoms with van der Waals surface area (Å²) in [5.74, 6) is 5.44. The van der Waals surface area contributed by atoms with Gasteiger partial charge in [0.25, 0.3) is 0 Å². The summed E-state index contributed by atoms with van der Waals surface area (Å²) < 4.78 is 12.2. The average molecular weight is 735 g/mol. The first-order valence-corrected chi connectivity index (χ1v) is 23.1. The lowest BCUT2D eigenvalue weighted by Gasteiger charge is -2.61. The normalized spacial score (nSPS) is 31.3. The zero-order chi connectivity index (χ0) is 37.7. The Morgan fingerprint density at radius 1 is 0.755 bits per heavy atom. The van der Waals surface area contributed by atoms with Crippen molar-refractivity contribution in [3.63, 3.8) is 0 Å². The van der Waals surface area contributed by atoms with Gasteiger partial charge < -0.3 is 20.9 Å². The monoisotopic (exact) mass is 735 g/mol. The number of carbonyl (C=O) groups is 1. The van der Waals surface area contributed by atoms with Crippen LogP contribution in [0.25, 0.3) is 0 Å². The van der Waals surface area contributed by atoms with Crippen LogP contribution >= 0.6 is 0 Å². The van der Waals surface area contributed by atoms with E-state index in [2.05, 4.69) is 27.7 Å². The molecule has 0 spiro atoms. The second-order valence-electron chi connectivity index (χ2n) is 19.2. The van der Waals surface area contributed by atoms with Crippen molar-refractivity contribution in [3.05, 3.63) is 18.2 Å². The third-order valence-corrected chi connectivity index (χ3v) is 15.8. The van der Waals surface area contributed by atoms with Crippen LogP contribution in [0.2, 0.25) is 0 Å². The Kier molecular flexibility index (Phi) is 16.6. The van der Waals surface area contributed by atoms with Crippen molar-refractivity contribution in [2.24, 2.45) is 46.3 Å². The number of hydrogen-bond donors (Lipinski definition) is 2. The number of fused-ring (bicyclic) bond motifs is 5. The van der Waals surface area contributed by atoms with E-state index in [1.807, 2.05) is 18.2 Å². The summed E-state index contributed by atoms with van der Waals surface area (Å²) in [4.78, 5) is 12.8. The van der Waals surface area contributed by atoms with Crippen LogP contribution in [0, 0.1) is 46.3 Å². The summed E-state index contributed by atoms with van der Waals surface area (Å²) in [6.45, 7) is 10.6. The summed E-state index contributed by atoms with van der Waals surface area (Å²) >= 11 is 0. The fraction of sp³-hybridized carbons (Fsp3) is 0.854. The van der Waals surface area contributed by atoms with Gasteiger partial charge in [-0.3, -0.25) is 4.79 Å². The van der Waals surface area contributed by atoms with Gasteiger partial charge in [0, 0.05) is 12.1 Å². The maximum Gasteiger partial charge on any atom is 0.305 e. The van der Waals surface area contributed by atoms with Crippen molar-refractivity contribution in [3.8, 4) is 5.75 Å². The van der Waals surface area contributed by atoms with Crippen LogP contribution in [0.3, 0.4) is 0 Å². The summed E-state index contributed by atoms with van der Waals surface area (Å²) in [5.41, 5.74) is 14.4. The summed E-state index contributed by atoms with van der Waals surface area (Å²) in [6.07, 6.45) is 35.4. The van der Waals surface area contributed by atoms with E-state index in [4.69, 9.17) is 20.9 Å². The number of rotatable bonds is 23. The molecule has 5 rings (SSSR count). The standard InChI is InChI=1S/C48H82N2O3/c1-5-6-7-8-9-10-11-12-13-14-15-16-17-18-19-20-33-52-46(51)28-21-36(2)41-25-26-42-40-24-22-37-34-39(53-45-27-23-38(49)35-44(45)50)29-31-47(37,3)43(40)30-32-48(41,42)4/h23,27,35-37,39-43H,5-22,24-26,28-34,49-50H2,1-4H3/t36-,37?,39?,40+,41-,42+,43+,47+,48-/m1/s1. The molecule has 0 saturated heterocycles. The topological polar surface area (TPSA) is 87.6 Å². The summed E-state index contributed by atoms with van der Waals surface area (Å²) in [6, 6.07) is 5.66. The molecule has 1 aromatic rings. The Hall–Kier alpha value is -1.91. The highest BCUT2D eigenvalue weighted by Crippen LogP contribution is 2.68. The SMILES string of the molecule is CCCCCCCCCCCCCCCCCCOC(=O)CC[C@@H](C)[C@H]1CC[C@H]2[C@@H]3CCC4CC(Oc5ccc(N)cc5N)CC[C@]4(C)[C@H]3CC[C@]12C. The molecule has 53 heavy (non-hydrogen) atoms. The second kappa shape index (κ2) is 20.8. The number of anilines is 2. The van der Waals surface area contributed by atoms with Crippen molar-refractivity contribution in [1.82, 2.24) is 0 Å². The zero-order valence-corrected chi connectivity index (χ0v) is 35.0. The number of hydrogen-bond acceptors (Lipinski definition) is 5. The van der Waals surface area contributed by atoms with Gasteiger partial charge in [0.2, 0.25) is 0 Å². The Morgan fingerprint density at radius 3 is 2.00 bits per heavy atom. The number of ether oxygens (including phenoxy) is 2. The smallest absolute Gasteiger partial charge is 0.305 e. The number of esters is 1. The van der Waals surface area contributed by atoms with Gasteiger partial charge in [-0.1, -0.05) is 124 Å². The first-order chi connectivity index (χ1) is 25.7. The molecular weight excluding hydrogens is 653 g/mol. The van der Waals surface area contributed by atoms with Crippen molar-refractivity contribution in [2.75, 3.05) is 18.1 Å². The van der Waals surface area contributed by atoms with Gasteiger partial charge in [0.15, 0.2) is 0 Å². The van der Waals surface area contributed by atoms with E-state index >= 15 is 0 Å². The van der Waals surface area contributed by atoms with Crippen LogP contribution in [-0.2, 0) is 9.53 Å². The number of nitrogen functional groups attached to an aromatic ring is 2. The highest BCUT2D eigenvalue weighted by Gasteiger charge is 2.60. The Balaban J connectivity index is 0.931. The minimum atomic E-state index is 0.0335. The molecule has 0 aromatic heterocycles. The van der Waals surface area contributed by atoms with Crippen LogP contribution in [0.5, 0.6) is 5.75 Å². The van der Waals surface area contributed by atoms with Crippen LogP contribution in [-0.4, -0.2) is 18.7 Å². The van der Waals surface area contributed by atoms with E-state index in [1.165, 1.54) is 141 Å². The van der Waals surface area contributed by atoms with Gasteiger partial charge in [-0.05, 0) is 135 Å². The third-order valence-electron chi connectivity index (χ3n) is 15.8. The molecule has 0 bridgehead atoms. The summed E-state index contributed by atoms with van der Waals surface area (Å²) in [7, 11) is 0. The fourth-order valence-electron chi connectivity index (χ4n) is 12.6. The Morgan fingerprint density at radius 2 is 1.36 bits per heavy atom. The molecule has 2 unspecified atom stereocenters. The van der Waals surface area contributed by atoms with E-state index in [0.29, 0.717) is 41.2 Å².